The molecule has 0 unspecified atom stereocenters. The summed E-state index contributed by atoms with van der Waals surface area (Å²) in [4.78, 5) is 107. The number of carboxylic acids is 1. The van der Waals surface area contributed by atoms with Crippen LogP contribution >= 0.6 is 69.6 Å². The molecule has 0 spiro atoms. The second kappa shape index (κ2) is 58.0. The minimum absolute atomic E-state index is 0. The molecule has 0 atom stereocenters. The molecule has 9 N–H and O–H groups in total. The van der Waals surface area contributed by atoms with Crippen LogP contribution in [-0.4, -0.2) is 205 Å². The number of nitrogens with zero attached hydrogens (tertiary/aromatic N) is 22. The number of carboxylic acid groups (broad SMARTS) is 1. The summed E-state index contributed by atoms with van der Waals surface area (Å²) in [6, 6.07) is 16.6. The van der Waals surface area contributed by atoms with Gasteiger partial charge in [0.15, 0.2) is 29.1 Å². The number of carbonyl (C=O) groups excluding carboxylic acids is 5. The molecule has 692 valence electrons. The predicted molar refractivity (Wildman–Crippen MR) is 477 cm³/mol. The van der Waals surface area contributed by atoms with E-state index >= 15 is 0 Å². The SMILES string of the molecule is CC(C)COC(=O)Cl.CC(C)COC(=O)OC(=O)/C=C\n1cnc(-c2cc(Cl)nc(OC(C)C)c2)n1.CC(C)OC(=O)/C=C\n1cnc(-c2cc(Cl)nc(OC(C)C)c2)n1.CC(C)Oc1cc(-c2ncn(/C=C\C(=O)NN)n2)cc(Cl)n1.CC(C)Oc1cc(-c2ncn(/C=C\C(=O)O)n2)cc(Cl)n1.CC(C)Oc1cc(-c2ncn(/C=C\c3nnco3)n2)cc(Cl)n1.NN.[Li+].[OH-]. The first-order valence-electron chi connectivity index (χ1n) is 38.1. The maximum absolute atomic E-state index is 11.6. The van der Waals surface area contributed by atoms with Gasteiger partial charge in [0.2, 0.25) is 41.7 Å². The smallest absolute Gasteiger partial charge is 0.870 e. The Morgan fingerprint density at radius 3 is 0.985 bits per heavy atom. The number of halogens is 6. The molecule has 0 radical (unpaired) electrons. The number of amides is 1. The van der Waals surface area contributed by atoms with E-state index in [1.807, 2.05) is 102 Å². The van der Waals surface area contributed by atoms with Crippen LogP contribution in [0.2, 0.25) is 25.8 Å². The second-order valence-corrected chi connectivity index (χ2v) is 29.9. The molecule has 11 aromatic heterocycles. The maximum atomic E-state index is 11.6. The van der Waals surface area contributed by atoms with Gasteiger partial charge in [-0.05, 0) is 125 Å². The van der Waals surface area contributed by atoms with Crippen LogP contribution in [0.3, 0.4) is 0 Å². The summed E-state index contributed by atoms with van der Waals surface area (Å²) in [7, 11) is 0. The number of nitrogens with two attached hydrogens (primary N) is 3. The first-order chi connectivity index (χ1) is 60.7. The summed E-state index contributed by atoms with van der Waals surface area (Å²) in [5, 5.41) is 38.4. The number of ether oxygens (including phenoxy) is 9. The van der Waals surface area contributed by atoms with Crippen molar-refractivity contribution in [2.45, 2.75) is 147 Å². The Labute approximate surface area is 787 Å². The van der Waals surface area contributed by atoms with Gasteiger partial charge in [-0.15, -0.1) is 35.7 Å². The van der Waals surface area contributed by atoms with Crippen LogP contribution in [0.25, 0.3) is 94.0 Å². The summed E-state index contributed by atoms with van der Waals surface area (Å²) in [6.45, 7) is 30.7. The molecule has 0 aromatic carbocycles. The third-order valence-electron chi connectivity index (χ3n) is 13.4. The molecule has 0 aliphatic carbocycles. The third kappa shape index (κ3) is 44.3. The maximum Gasteiger partial charge on any atom is 1.00 e. The van der Waals surface area contributed by atoms with E-state index in [0.717, 1.165) is 12.2 Å². The Kier molecular flexibility index (Phi) is 49.7. The molecule has 1 amide bonds. The van der Waals surface area contributed by atoms with Crippen molar-refractivity contribution in [2.75, 3.05) is 13.2 Å². The van der Waals surface area contributed by atoms with Crippen LogP contribution in [0.15, 0.2) is 127 Å². The van der Waals surface area contributed by atoms with Gasteiger partial charge in [0.05, 0.1) is 49.8 Å². The van der Waals surface area contributed by atoms with Crippen molar-refractivity contribution < 1.29 is 105 Å². The molecular formula is C79H95Cl6LiN26O18. The van der Waals surface area contributed by atoms with E-state index in [1.165, 1.54) is 92.1 Å². The first-order valence-corrected chi connectivity index (χ1v) is 40.4. The molecule has 0 fully saturated rings. The van der Waals surface area contributed by atoms with E-state index in [4.69, 9.17) is 118 Å². The van der Waals surface area contributed by atoms with E-state index in [1.54, 1.807) is 93.1 Å². The predicted octanol–water partition coefficient (Wildman–Crippen LogP) is 10.8. The fraction of sp³-hybridized carbons (Fsp3) is 0.329. The number of aromatic nitrogens is 22. The number of hydrogen-bond acceptors (Lipinski definition) is 37. The van der Waals surface area contributed by atoms with Crippen molar-refractivity contribution in [1.29, 1.82) is 0 Å². The van der Waals surface area contributed by atoms with E-state index in [0.29, 0.717) is 110 Å². The van der Waals surface area contributed by atoms with Crippen LogP contribution in [0.5, 0.6) is 29.4 Å². The largest absolute Gasteiger partial charge is 1.00 e. The van der Waals surface area contributed by atoms with Gasteiger partial charge in [0, 0.05) is 131 Å². The van der Waals surface area contributed by atoms with Crippen LogP contribution in [0, 0.1) is 11.8 Å². The molecule has 0 bridgehead atoms. The summed E-state index contributed by atoms with van der Waals surface area (Å²) in [5.74, 6) is 15.1. The molecule has 0 aliphatic rings. The van der Waals surface area contributed by atoms with Crippen LogP contribution in [-0.2, 0) is 38.1 Å². The number of aliphatic carboxylic acids is 1. The number of carbonyl (C=O) groups is 6. The van der Waals surface area contributed by atoms with Crippen molar-refractivity contribution >= 4 is 142 Å². The molecular weight excluding hydrogens is 1820 g/mol. The molecule has 11 aromatic rings. The fourth-order valence-electron chi connectivity index (χ4n) is 8.80. The molecule has 51 heteroatoms. The molecule has 0 saturated carbocycles. The Morgan fingerprint density at radius 1 is 0.431 bits per heavy atom. The van der Waals surface area contributed by atoms with E-state index in [2.05, 4.69) is 107 Å². The third-order valence-corrected chi connectivity index (χ3v) is 14.5. The summed E-state index contributed by atoms with van der Waals surface area (Å²) < 4.78 is 58.2. The number of rotatable bonds is 30. The Bertz CT molecular complexity index is 5530. The van der Waals surface area contributed by atoms with Crippen molar-refractivity contribution in [2.24, 2.45) is 29.4 Å². The first kappa shape index (κ1) is 111. The Balaban J connectivity index is 0.000000407. The molecule has 0 saturated heterocycles. The van der Waals surface area contributed by atoms with E-state index in [-0.39, 0.29) is 94.1 Å². The topological polar surface area (TPSA) is 583 Å². The molecule has 11 heterocycles. The van der Waals surface area contributed by atoms with Gasteiger partial charge in [0.25, 0.3) is 5.91 Å². The number of pyridine rings is 5. The second-order valence-electron chi connectivity index (χ2n) is 27.7. The summed E-state index contributed by atoms with van der Waals surface area (Å²) >= 11 is 34.8. The molecule has 0 aliphatic heterocycles. The molecule has 130 heavy (non-hydrogen) atoms. The number of hydrazine groups is 2. The zero-order valence-electron chi connectivity index (χ0n) is 73.3. The van der Waals surface area contributed by atoms with Gasteiger partial charge in [-0.3, -0.25) is 21.9 Å². The monoisotopic (exact) mass is 1910 g/mol. The molecule has 44 nitrogen and oxygen atoms in total. The van der Waals surface area contributed by atoms with Crippen molar-refractivity contribution in [1.82, 2.24) is 114 Å². The quantitative estimate of drug-likeness (QED) is 0.00267. The van der Waals surface area contributed by atoms with Crippen LogP contribution in [0.1, 0.15) is 117 Å². The van der Waals surface area contributed by atoms with Gasteiger partial charge in [0.1, 0.15) is 57.4 Å². The minimum Gasteiger partial charge on any atom is -0.870 e. The minimum atomic E-state index is -1.06. The number of hydrogen-bond donors (Lipinski definition) is 5. The zero-order valence-corrected chi connectivity index (χ0v) is 77.8. The van der Waals surface area contributed by atoms with Crippen molar-refractivity contribution in [3.8, 4) is 86.3 Å². The van der Waals surface area contributed by atoms with E-state index < -0.39 is 35.4 Å². The van der Waals surface area contributed by atoms with Gasteiger partial charge >= 0.3 is 48.4 Å². The average Bonchev–Trinajstić information content (AvgIpc) is 1.73. The average molecular weight is 1920 g/mol. The zero-order chi connectivity index (χ0) is 94.7. The molecule has 11 rings (SSSR count). The Morgan fingerprint density at radius 2 is 0.723 bits per heavy atom. The summed E-state index contributed by atoms with van der Waals surface area (Å²) in [6.07, 6.45) is 20.4. The fourth-order valence-corrected chi connectivity index (χ4v) is 9.87. The van der Waals surface area contributed by atoms with Crippen LogP contribution in [0.4, 0.5) is 9.59 Å². The van der Waals surface area contributed by atoms with Crippen LogP contribution < -0.4 is 65.5 Å². The number of nitrogens with one attached hydrogen (secondary N) is 1. The van der Waals surface area contributed by atoms with Crippen molar-refractivity contribution in [3.63, 3.8) is 0 Å². The van der Waals surface area contributed by atoms with Gasteiger partial charge < -0.3 is 57.6 Å². The summed E-state index contributed by atoms with van der Waals surface area (Å²) in [5.41, 5.74) is 4.53. The number of esters is 2. The van der Waals surface area contributed by atoms with Gasteiger partial charge in [-0.1, -0.05) is 85.7 Å². The van der Waals surface area contributed by atoms with Gasteiger partial charge in [-0.2, -0.15) is 0 Å². The van der Waals surface area contributed by atoms with Gasteiger partial charge in [-0.25, -0.2) is 103 Å². The Hall–Kier alpha value is -12.7. The van der Waals surface area contributed by atoms with Crippen molar-refractivity contribution in [3.05, 3.63) is 155 Å². The standard InChI is InChI=1S/C18H21ClN4O5.C16H19ClN4O3.C14H13ClN6O2.C13H15ClN6O2.C13H13ClN4O3.C5H9ClO2.Li.H4N2.H2O/c1-11(2)9-26-18(25)28-16(24)5-6-23-10-20-17(22-23)13-7-14(19)21-15(8-13)27-12(3)4;1-10(2)23-14-8-12(7-13(17)19-14)16-18-9-21(20-16)6-5-15(22)24-11(3)4;1-9(2)23-13-6-10(5-11(15)18-13)14-16-7-21(20-14)4-3-12-19-17-8-22-12;1-8(2)22-12-6-9(5-10(14)17-12)13-16-7-20(19-13)4-3-11(21)18-15;1-8(2)21-11-6-9(5-10(14)16-11)13-15-7-18(17-13)4-3-12(19)20;1-4(2)3-8-5(6)7;;1-2;/h5-8,10-12H,9H2,1-4H3;5-11H,1-4H3;3-9H,1-2H3;3-8H,15H2,1-2H3,(H,18,21);3-8H,1-2H3,(H,19,20);4H,3H2,1-2H3;;1-2H2;1H2/q;;;;;;+1;;/p-1/b2*6-5-;3*4-3-;;;;. The normalized spacial score (nSPS) is 10.9. The van der Waals surface area contributed by atoms with E-state index in [9.17, 15) is 28.8 Å².